The first kappa shape index (κ1) is 14.8. The van der Waals surface area contributed by atoms with Gasteiger partial charge in [0.15, 0.2) is 5.82 Å². The van der Waals surface area contributed by atoms with E-state index in [-0.39, 0.29) is 6.04 Å². The van der Waals surface area contributed by atoms with Gasteiger partial charge in [-0.2, -0.15) is 5.10 Å². The van der Waals surface area contributed by atoms with Crippen molar-refractivity contribution in [3.8, 4) is 5.75 Å². The van der Waals surface area contributed by atoms with Crippen molar-refractivity contribution in [3.05, 3.63) is 48.1 Å². The van der Waals surface area contributed by atoms with Crippen LogP contribution in [0.25, 0.3) is 6.08 Å². The molecule has 0 aliphatic carbocycles. The van der Waals surface area contributed by atoms with Crippen molar-refractivity contribution in [2.75, 3.05) is 0 Å². The fourth-order valence-corrected chi connectivity index (χ4v) is 1.83. The minimum atomic E-state index is -0.980. The molecule has 1 N–H and O–H groups in total. The Labute approximate surface area is 122 Å². The van der Waals surface area contributed by atoms with Crippen LogP contribution in [-0.4, -0.2) is 25.8 Å². The molecule has 6 nitrogen and oxygen atoms in total. The van der Waals surface area contributed by atoms with Crippen LogP contribution in [0.5, 0.6) is 5.75 Å². The summed E-state index contributed by atoms with van der Waals surface area (Å²) in [5.41, 5.74) is 0.764. The SMILES string of the molecule is CC(C)n1ncnc1COc1cccc(C=CC(=O)O)c1. The van der Waals surface area contributed by atoms with Gasteiger partial charge in [0.25, 0.3) is 0 Å². The fraction of sp³-hybridized carbons (Fsp3) is 0.267. The molecule has 0 bridgehead atoms. The third-order valence-electron chi connectivity index (χ3n) is 2.78. The molecule has 110 valence electrons. The van der Waals surface area contributed by atoms with Gasteiger partial charge in [-0.3, -0.25) is 0 Å². The number of carbonyl (C=O) groups is 1. The Bertz CT molecular complexity index is 647. The van der Waals surface area contributed by atoms with Gasteiger partial charge in [0, 0.05) is 12.1 Å². The van der Waals surface area contributed by atoms with Crippen molar-refractivity contribution in [1.82, 2.24) is 14.8 Å². The second-order valence-corrected chi connectivity index (χ2v) is 4.75. The van der Waals surface area contributed by atoms with E-state index in [4.69, 9.17) is 9.84 Å². The van der Waals surface area contributed by atoms with Crippen LogP contribution in [0.3, 0.4) is 0 Å². The van der Waals surface area contributed by atoms with Crippen molar-refractivity contribution < 1.29 is 14.6 Å². The van der Waals surface area contributed by atoms with Gasteiger partial charge in [-0.1, -0.05) is 12.1 Å². The third kappa shape index (κ3) is 4.17. The first-order valence-corrected chi connectivity index (χ1v) is 6.58. The predicted molar refractivity (Wildman–Crippen MR) is 77.9 cm³/mol. The highest BCUT2D eigenvalue weighted by Crippen LogP contribution is 2.16. The summed E-state index contributed by atoms with van der Waals surface area (Å²) in [5, 5.41) is 12.8. The van der Waals surface area contributed by atoms with E-state index in [2.05, 4.69) is 10.1 Å². The first-order chi connectivity index (χ1) is 10.1. The highest BCUT2D eigenvalue weighted by atomic mass is 16.5. The molecule has 0 radical (unpaired) electrons. The number of aromatic nitrogens is 3. The molecule has 2 rings (SSSR count). The lowest BCUT2D eigenvalue weighted by Crippen LogP contribution is -2.10. The second kappa shape index (κ2) is 6.69. The molecule has 0 saturated carbocycles. The molecule has 0 fully saturated rings. The Hall–Kier alpha value is -2.63. The van der Waals surface area contributed by atoms with Crippen LogP contribution in [0.4, 0.5) is 0 Å². The van der Waals surface area contributed by atoms with Crippen molar-refractivity contribution in [1.29, 1.82) is 0 Å². The van der Waals surface area contributed by atoms with Crippen molar-refractivity contribution >= 4 is 12.0 Å². The van der Waals surface area contributed by atoms with Gasteiger partial charge in [0.1, 0.15) is 18.7 Å². The molecule has 21 heavy (non-hydrogen) atoms. The standard InChI is InChI=1S/C15H17N3O3/c1-11(2)18-14(16-10-17-18)9-21-13-5-3-4-12(8-13)6-7-15(19)20/h3-8,10-11H,9H2,1-2H3,(H,19,20). The molecule has 6 heteroatoms. The minimum absolute atomic E-state index is 0.218. The van der Waals surface area contributed by atoms with E-state index < -0.39 is 5.97 Å². The van der Waals surface area contributed by atoms with Gasteiger partial charge in [0.2, 0.25) is 0 Å². The Balaban J connectivity index is 2.05. The lowest BCUT2D eigenvalue weighted by atomic mass is 10.2. The fourth-order valence-electron chi connectivity index (χ4n) is 1.83. The molecular formula is C15H17N3O3. The van der Waals surface area contributed by atoms with Gasteiger partial charge < -0.3 is 9.84 Å². The molecule has 0 aliphatic rings. The molecule has 0 unspecified atom stereocenters. The lowest BCUT2D eigenvalue weighted by molar-refractivity contribution is -0.131. The lowest BCUT2D eigenvalue weighted by Gasteiger charge is -2.10. The van der Waals surface area contributed by atoms with Crippen molar-refractivity contribution in [3.63, 3.8) is 0 Å². The number of nitrogens with zero attached hydrogens (tertiary/aromatic N) is 3. The molecule has 1 aromatic carbocycles. The van der Waals surface area contributed by atoms with Gasteiger partial charge in [-0.05, 0) is 37.6 Å². The summed E-state index contributed by atoms with van der Waals surface area (Å²) in [5.74, 6) is 0.420. The second-order valence-electron chi connectivity index (χ2n) is 4.75. The molecule has 0 saturated heterocycles. The van der Waals surface area contributed by atoms with Crippen LogP contribution in [0.1, 0.15) is 31.3 Å². The zero-order valence-corrected chi connectivity index (χ0v) is 11.9. The number of benzene rings is 1. The minimum Gasteiger partial charge on any atom is -0.486 e. The maximum Gasteiger partial charge on any atom is 0.328 e. The average molecular weight is 287 g/mol. The molecule has 0 aliphatic heterocycles. The first-order valence-electron chi connectivity index (χ1n) is 6.58. The smallest absolute Gasteiger partial charge is 0.328 e. The summed E-state index contributed by atoms with van der Waals surface area (Å²) in [4.78, 5) is 14.7. The molecular weight excluding hydrogens is 270 g/mol. The number of ether oxygens (including phenoxy) is 1. The quantitative estimate of drug-likeness (QED) is 0.826. The maximum atomic E-state index is 10.5. The van der Waals surface area contributed by atoms with Gasteiger partial charge in [-0.15, -0.1) is 0 Å². The van der Waals surface area contributed by atoms with E-state index in [0.717, 1.165) is 17.5 Å². The molecule has 1 aromatic heterocycles. The van der Waals surface area contributed by atoms with E-state index in [9.17, 15) is 4.79 Å². The normalized spacial score (nSPS) is 11.2. The monoisotopic (exact) mass is 287 g/mol. The number of carboxylic acid groups (broad SMARTS) is 1. The van der Waals surface area contributed by atoms with Crippen molar-refractivity contribution in [2.24, 2.45) is 0 Å². The van der Waals surface area contributed by atoms with Gasteiger partial charge in [-0.25, -0.2) is 14.5 Å². The number of hydrogen-bond acceptors (Lipinski definition) is 4. The Morgan fingerprint density at radius 1 is 1.48 bits per heavy atom. The topological polar surface area (TPSA) is 77.2 Å². The maximum absolute atomic E-state index is 10.5. The third-order valence-corrected chi connectivity index (χ3v) is 2.78. The Morgan fingerprint density at radius 2 is 2.29 bits per heavy atom. The van der Waals surface area contributed by atoms with E-state index in [1.54, 1.807) is 10.7 Å². The number of hydrogen-bond donors (Lipinski definition) is 1. The van der Waals surface area contributed by atoms with Crippen LogP contribution in [-0.2, 0) is 11.4 Å². The van der Waals surface area contributed by atoms with Crippen LogP contribution in [0, 0.1) is 0 Å². The Morgan fingerprint density at radius 3 is 3.00 bits per heavy atom. The van der Waals surface area contributed by atoms with Crippen LogP contribution in [0.2, 0.25) is 0 Å². The molecule has 0 spiro atoms. The van der Waals surface area contributed by atoms with Crippen LogP contribution in [0.15, 0.2) is 36.7 Å². The molecule has 0 atom stereocenters. The van der Waals surface area contributed by atoms with Crippen molar-refractivity contribution in [2.45, 2.75) is 26.5 Å². The summed E-state index contributed by atoms with van der Waals surface area (Å²) in [6.07, 6.45) is 4.12. The number of aliphatic carboxylic acids is 1. The molecule has 2 aromatic rings. The Kier molecular flexibility index (Phi) is 4.71. The number of carboxylic acids is 1. The van der Waals surface area contributed by atoms with E-state index in [1.807, 2.05) is 32.0 Å². The summed E-state index contributed by atoms with van der Waals surface area (Å²) in [6, 6.07) is 7.42. The summed E-state index contributed by atoms with van der Waals surface area (Å²) >= 11 is 0. The summed E-state index contributed by atoms with van der Waals surface area (Å²) < 4.78 is 7.48. The zero-order chi connectivity index (χ0) is 15.2. The molecule has 1 heterocycles. The van der Waals surface area contributed by atoms with E-state index in [1.165, 1.54) is 12.4 Å². The average Bonchev–Trinajstić information content (AvgIpc) is 2.92. The largest absolute Gasteiger partial charge is 0.486 e. The molecule has 0 amide bonds. The predicted octanol–water partition coefficient (Wildman–Crippen LogP) is 2.54. The van der Waals surface area contributed by atoms with Gasteiger partial charge >= 0.3 is 5.97 Å². The van der Waals surface area contributed by atoms with Crippen LogP contribution < -0.4 is 4.74 Å². The zero-order valence-electron chi connectivity index (χ0n) is 11.9. The van der Waals surface area contributed by atoms with Crippen LogP contribution >= 0.6 is 0 Å². The highest BCUT2D eigenvalue weighted by Gasteiger charge is 2.08. The number of rotatable bonds is 6. The summed E-state index contributed by atoms with van der Waals surface area (Å²) in [6.45, 7) is 4.36. The summed E-state index contributed by atoms with van der Waals surface area (Å²) in [7, 11) is 0. The van der Waals surface area contributed by atoms with E-state index >= 15 is 0 Å². The highest BCUT2D eigenvalue weighted by molar-refractivity contribution is 5.85. The van der Waals surface area contributed by atoms with E-state index in [0.29, 0.717) is 12.4 Å². The van der Waals surface area contributed by atoms with Gasteiger partial charge in [0.05, 0.1) is 0 Å².